The first-order chi connectivity index (χ1) is 10.1. The third kappa shape index (κ3) is 4.70. The highest BCUT2D eigenvalue weighted by Gasteiger charge is 2.15. The molecule has 1 fully saturated rings. The van der Waals surface area contributed by atoms with Crippen molar-refractivity contribution in [3.63, 3.8) is 0 Å². The smallest absolute Gasteiger partial charge is 0.313 e. The molecule has 116 valence electrons. The van der Waals surface area contributed by atoms with Gasteiger partial charge in [0.15, 0.2) is 0 Å². The molecule has 3 N–H and O–H groups in total. The SMILES string of the molecule is CNC(C)c1ccc(NC(=O)NN2CCN(C)CC2)cc1. The number of amides is 2. The van der Waals surface area contributed by atoms with Crippen molar-refractivity contribution in [1.29, 1.82) is 0 Å². The molecule has 0 saturated carbocycles. The van der Waals surface area contributed by atoms with E-state index in [9.17, 15) is 4.79 Å². The number of carbonyl (C=O) groups is 1. The normalized spacial score (nSPS) is 18.2. The average Bonchev–Trinajstić information content (AvgIpc) is 2.49. The summed E-state index contributed by atoms with van der Waals surface area (Å²) in [6, 6.07) is 8.01. The Hall–Kier alpha value is -1.63. The van der Waals surface area contributed by atoms with Gasteiger partial charge in [0.05, 0.1) is 0 Å². The number of hydrogen-bond donors (Lipinski definition) is 3. The van der Waals surface area contributed by atoms with Crippen LogP contribution in [0.15, 0.2) is 24.3 Å². The first kappa shape index (κ1) is 15.8. The number of nitrogens with zero attached hydrogens (tertiary/aromatic N) is 2. The Morgan fingerprint density at radius 2 is 1.76 bits per heavy atom. The van der Waals surface area contributed by atoms with E-state index in [1.54, 1.807) is 0 Å². The van der Waals surface area contributed by atoms with Crippen molar-refractivity contribution < 1.29 is 4.79 Å². The zero-order valence-corrected chi connectivity index (χ0v) is 13.0. The maximum atomic E-state index is 11.9. The Bertz CT molecular complexity index is 454. The van der Waals surface area contributed by atoms with Crippen LogP contribution in [-0.2, 0) is 0 Å². The van der Waals surface area contributed by atoms with Crippen LogP contribution in [0.5, 0.6) is 0 Å². The zero-order chi connectivity index (χ0) is 15.2. The van der Waals surface area contributed by atoms with Crippen molar-refractivity contribution in [1.82, 2.24) is 20.7 Å². The number of anilines is 1. The Kier molecular flexibility index (Phi) is 5.55. The fourth-order valence-corrected chi connectivity index (χ4v) is 2.24. The largest absolute Gasteiger partial charge is 0.333 e. The molecule has 1 heterocycles. The summed E-state index contributed by atoms with van der Waals surface area (Å²) in [5, 5.41) is 8.00. The summed E-state index contributed by atoms with van der Waals surface area (Å²) < 4.78 is 0. The number of hydrazine groups is 1. The summed E-state index contributed by atoms with van der Waals surface area (Å²) in [5.74, 6) is 0. The van der Waals surface area contributed by atoms with E-state index in [0.29, 0.717) is 6.04 Å². The van der Waals surface area contributed by atoms with Gasteiger partial charge in [-0.2, -0.15) is 0 Å². The first-order valence-electron chi connectivity index (χ1n) is 7.37. The second kappa shape index (κ2) is 7.40. The number of hydrogen-bond acceptors (Lipinski definition) is 4. The van der Waals surface area contributed by atoms with Crippen LogP contribution >= 0.6 is 0 Å². The standard InChI is InChI=1S/C15H25N5O/c1-12(16-2)13-4-6-14(7-5-13)17-15(21)18-20-10-8-19(3)9-11-20/h4-7,12,16H,8-11H2,1-3H3,(H2,17,18,21). The molecule has 1 aliphatic heterocycles. The molecule has 1 saturated heterocycles. The van der Waals surface area contributed by atoms with E-state index in [4.69, 9.17) is 0 Å². The molecule has 1 aliphatic rings. The predicted octanol–water partition coefficient (Wildman–Crippen LogP) is 1.25. The number of benzene rings is 1. The maximum absolute atomic E-state index is 11.9. The molecule has 6 nitrogen and oxygen atoms in total. The molecule has 2 rings (SSSR count). The van der Waals surface area contributed by atoms with Gasteiger partial charge in [0, 0.05) is 37.9 Å². The van der Waals surface area contributed by atoms with Crippen molar-refractivity contribution in [2.45, 2.75) is 13.0 Å². The maximum Gasteiger partial charge on any atom is 0.333 e. The highest BCUT2D eigenvalue weighted by atomic mass is 16.2. The summed E-state index contributed by atoms with van der Waals surface area (Å²) in [7, 11) is 4.02. The number of nitrogens with one attached hydrogen (secondary N) is 3. The van der Waals surface area contributed by atoms with Gasteiger partial charge in [-0.3, -0.25) is 5.43 Å². The minimum absolute atomic E-state index is 0.186. The number of rotatable bonds is 4. The van der Waals surface area contributed by atoms with Gasteiger partial charge in [-0.25, -0.2) is 9.80 Å². The van der Waals surface area contributed by atoms with Gasteiger partial charge >= 0.3 is 6.03 Å². The Morgan fingerprint density at radius 1 is 1.14 bits per heavy atom. The van der Waals surface area contributed by atoms with Crippen LogP contribution in [0, 0.1) is 0 Å². The lowest BCUT2D eigenvalue weighted by atomic mass is 10.1. The van der Waals surface area contributed by atoms with Crippen LogP contribution in [0.1, 0.15) is 18.5 Å². The van der Waals surface area contributed by atoms with Crippen molar-refractivity contribution in [3.05, 3.63) is 29.8 Å². The van der Waals surface area contributed by atoms with Crippen LogP contribution in [-0.4, -0.2) is 56.2 Å². The molecule has 2 amide bonds. The fourth-order valence-electron chi connectivity index (χ4n) is 2.24. The minimum atomic E-state index is -0.186. The number of urea groups is 1. The van der Waals surface area contributed by atoms with Crippen LogP contribution in [0.25, 0.3) is 0 Å². The predicted molar refractivity (Wildman–Crippen MR) is 85.1 cm³/mol. The van der Waals surface area contributed by atoms with E-state index < -0.39 is 0 Å². The zero-order valence-electron chi connectivity index (χ0n) is 13.0. The van der Waals surface area contributed by atoms with E-state index in [0.717, 1.165) is 31.9 Å². The molecule has 1 aromatic rings. The molecular formula is C15H25N5O. The monoisotopic (exact) mass is 291 g/mol. The van der Waals surface area contributed by atoms with E-state index in [1.165, 1.54) is 5.56 Å². The molecule has 0 aromatic heterocycles. The summed E-state index contributed by atoms with van der Waals surface area (Å²) in [5.41, 5.74) is 4.88. The van der Waals surface area contributed by atoms with Gasteiger partial charge in [0.1, 0.15) is 0 Å². The van der Waals surface area contributed by atoms with Gasteiger partial charge < -0.3 is 15.5 Å². The van der Waals surface area contributed by atoms with E-state index in [1.807, 2.05) is 36.3 Å². The summed E-state index contributed by atoms with van der Waals surface area (Å²) in [6.07, 6.45) is 0. The fraction of sp³-hybridized carbons (Fsp3) is 0.533. The molecule has 1 unspecified atom stereocenters. The number of piperazine rings is 1. The minimum Gasteiger partial charge on any atom is -0.313 e. The second-order valence-electron chi connectivity index (χ2n) is 5.49. The molecule has 0 spiro atoms. The Morgan fingerprint density at radius 3 is 2.33 bits per heavy atom. The summed E-state index contributed by atoms with van der Waals surface area (Å²) in [6.45, 7) is 5.74. The highest BCUT2D eigenvalue weighted by molar-refractivity contribution is 5.88. The number of carbonyl (C=O) groups excluding carboxylic acids is 1. The molecular weight excluding hydrogens is 266 g/mol. The van der Waals surface area contributed by atoms with E-state index in [2.05, 4.69) is 34.9 Å². The van der Waals surface area contributed by atoms with Crippen molar-refractivity contribution in [2.75, 3.05) is 45.6 Å². The lowest BCUT2D eigenvalue weighted by Gasteiger charge is -2.32. The molecule has 21 heavy (non-hydrogen) atoms. The lowest BCUT2D eigenvalue weighted by molar-refractivity contribution is 0.116. The van der Waals surface area contributed by atoms with Gasteiger partial charge in [-0.15, -0.1) is 0 Å². The first-order valence-corrected chi connectivity index (χ1v) is 7.37. The third-order valence-corrected chi connectivity index (χ3v) is 3.86. The van der Waals surface area contributed by atoms with Crippen LogP contribution < -0.4 is 16.1 Å². The van der Waals surface area contributed by atoms with Crippen LogP contribution in [0.3, 0.4) is 0 Å². The van der Waals surface area contributed by atoms with Gasteiger partial charge in [-0.1, -0.05) is 12.1 Å². The molecule has 0 bridgehead atoms. The quantitative estimate of drug-likeness (QED) is 0.781. The van der Waals surface area contributed by atoms with Crippen molar-refractivity contribution in [3.8, 4) is 0 Å². The van der Waals surface area contributed by atoms with Gasteiger partial charge in [-0.05, 0) is 38.7 Å². The molecule has 1 aromatic carbocycles. The topological polar surface area (TPSA) is 59.6 Å². The molecule has 0 radical (unpaired) electrons. The summed E-state index contributed by atoms with van der Waals surface area (Å²) in [4.78, 5) is 14.2. The molecule has 1 atom stereocenters. The Labute approximate surface area is 126 Å². The highest BCUT2D eigenvalue weighted by Crippen LogP contribution is 2.15. The Balaban J connectivity index is 1.82. The molecule has 6 heteroatoms. The van der Waals surface area contributed by atoms with E-state index in [-0.39, 0.29) is 6.03 Å². The van der Waals surface area contributed by atoms with Crippen molar-refractivity contribution in [2.24, 2.45) is 0 Å². The van der Waals surface area contributed by atoms with Crippen LogP contribution in [0.4, 0.5) is 10.5 Å². The summed E-state index contributed by atoms with van der Waals surface area (Å²) >= 11 is 0. The second-order valence-corrected chi connectivity index (χ2v) is 5.49. The lowest BCUT2D eigenvalue weighted by Crippen LogP contribution is -2.53. The van der Waals surface area contributed by atoms with E-state index >= 15 is 0 Å². The van der Waals surface area contributed by atoms with Crippen molar-refractivity contribution >= 4 is 11.7 Å². The van der Waals surface area contributed by atoms with Crippen LogP contribution in [0.2, 0.25) is 0 Å². The third-order valence-electron chi connectivity index (χ3n) is 3.86. The number of likely N-dealkylation sites (N-methyl/N-ethyl adjacent to an activating group) is 1. The average molecular weight is 291 g/mol. The molecule has 0 aliphatic carbocycles. The van der Waals surface area contributed by atoms with Gasteiger partial charge in [0.2, 0.25) is 0 Å². The van der Waals surface area contributed by atoms with Gasteiger partial charge in [0.25, 0.3) is 0 Å².